The first-order chi connectivity index (χ1) is 7.11. The van der Waals surface area contributed by atoms with Gasteiger partial charge in [0.2, 0.25) is 0 Å². The van der Waals surface area contributed by atoms with Crippen LogP contribution in [0.25, 0.3) is 0 Å². The van der Waals surface area contributed by atoms with Crippen LogP contribution in [0.5, 0.6) is 0 Å². The average Bonchev–Trinajstić information content (AvgIpc) is 2.18. The Labute approximate surface area is 88.0 Å². The van der Waals surface area contributed by atoms with Crippen molar-refractivity contribution in [3.63, 3.8) is 0 Å². The van der Waals surface area contributed by atoms with E-state index >= 15 is 0 Å². The Bertz CT molecular complexity index is 277. The van der Waals surface area contributed by atoms with E-state index in [0.29, 0.717) is 0 Å². The van der Waals surface area contributed by atoms with Crippen molar-refractivity contribution in [2.45, 2.75) is 25.5 Å². The maximum atomic E-state index is 12.0. The van der Waals surface area contributed by atoms with Crippen molar-refractivity contribution in [3.8, 4) is 0 Å². The van der Waals surface area contributed by atoms with Crippen LogP contribution in [0.3, 0.4) is 0 Å². The fourth-order valence-electron chi connectivity index (χ4n) is 1.37. The van der Waals surface area contributed by atoms with Gasteiger partial charge >= 0.3 is 0 Å². The Balaban J connectivity index is 2.66. The van der Waals surface area contributed by atoms with E-state index in [2.05, 4.69) is 0 Å². The molecule has 1 aromatic carbocycles. The molecule has 0 saturated carbocycles. The van der Waals surface area contributed by atoms with Crippen LogP contribution in [-0.4, -0.2) is 19.1 Å². The third-order valence-electron chi connectivity index (χ3n) is 2.01. The van der Waals surface area contributed by atoms with Crippen LogP contribution in [-0.2, 0) is 4.74 Å². The van der Waals surface area contributed by atoms with Crippen LogP contribution in [0.4, 0.5) is 8.78 Å². The molecule has 2 atom stereocenters. The van der Waals surface area contributed by atoms with Crippen molar-refractivity contribution in [3.05, 3.63) is 35.9 Å². The summed E-state index contributed by atoms with van der Waals surface area (Å²) in [5, 5.41) is 0. The zero-order valence-electron chi connectivity index (χ0n) is 8.57. The van der Waals surface area contributed by atoms with E-state index in [1.165, 1.54) is 0 Å². The van der Waals surface area contributed by atoms with E-state index in [1.54, 1.807) is 6.92 Å². The third kappa shape index (κ3) is 3.93. The molecule has 0 fully saturated rings. The first-order valence-corrected chi connectivity index (χ1v) is 4.81. The summed E-state index contributed by atoms with van der Waals surface area (Å²) >= 11 is 0. The number of hydrogen-bond donors (Lipinski definition) is 1. The summed E-state index contributed by atoms with van der Waals surface area (Å²) < 4.78 is 29.1. The second kappa shape index (κ2) is 5.78. The number of halogens is 2. The molecule has 0 bridgehead atoms. The summed E-state index contributed by atoms with van der Waals surface area (Å²) in [5.41, 5.74) is 6.51. The largest absolute Gasteiger partial charge is 0.366 e. The van der Waals surface area contributed by atoms with Crippen LogP contribution >= 0.6 is 0 Å². The number of rotatable bonds is 5. The molecule has 1 rings (SSSR count). The Morgan fingerprint density at radius 3 is 2.33 bits per heavy atom. The van der Waals surface area contributed by atoms with Crippen molar-refractivity contribution < 1.29 is 13.5 Å². The molecule has 0 aromatic heterocycles. The number of nitrogens with two attached hydrogens (primary N) is 1. The second-order valence-electron chi connectivity index (χ2n) is 3.41. The summed E-state index contributed by atoms with van der Waals surface area (Å²) in [6.07, 6.45) is -2.94. The minimum atomic E-state index is -2.46. The lowest BCUT2D eigenvalue weighted by Gasteiger charge is -2.21. The van der Waals surface area contributed by atoms with Gasteiger partial charge in [0.15, 0.2) is 0 Å². The lowest BCUT2D eigenvalue weighted by atomic mass is 10.0. The maximum absolute atomic E-state index is 12.0. The van der Waals surface area contributed by atoms with Crippen molar-refractivity contribution in [1.82, 2.24) is 0 Å². The quantitative estimate of drug-likeness (QED) is 0.818. The highest BCUT2D eigenvalue weighted by molar-refractivity contribution is 5.18. The minimum Gasteiger partial charge on any atom is -0.366 e. The third-order valence-corrected chi connectivity index (χ3v) is 2.01. The second-order valence-corrected chi connectivity index (χ2v) is 3.41. The minimum absolute atomic E-state index is 0.314. The van der Waals surface area contributed by atoms with Gasteiger partial charge in [-0.15, -0.1) is 0 Å². The summed E-state index contributed by atoms with van der Waals surface area (Å²) in [6.45, 7) is 1.16. The Hall–Kier alpha value is -1.00. The van der Waals surface area contributed by atoms with Crippen LogP contribution in [0, 0.1) is 0 Å². The molecule has 0 heterocycles. The molecule has 0 aliphatic rings. The summed E-state index contributed by atoms with van der Waals surface area (Å²) in [7, 11) is 0. The topological polar surface area (TPSA) is 35.2 Å². The molecule has 4 heteroatoms. The molecule has 2 N–H and O–H groups in total. The maximum Gasteiger partial charge on any atom is 0.261 e. The lowest BCUT2D eigenvalue weighted by molar-refractivity contribution is -0.0326. The van der Waals surface area contributed by atoms with Gasteiger partial charge in [-0.3, -0.25) is 0 Å². The van der Waals surface area contributed by atoms with Crippen LogP contribution in [0.2, 0.25) is 0 Å². The van der Waals surface area contributed by atoms with E-state index in [4.69, 9.17) is 10.5 Å². The summed E-state index contributed by atoms with van der Waals surface area (Å²) in [6, 6.07) is 8.84. The highest BCUT2D eigenvalue weighted by Gasteiger charge is 2.18. The standard InChI is InChI=1S/C11H15F2NO/c1-8(14)11(15-7-10(12)13)9-5-3-2-4-6-9/h2-6,8,10-11H,7,14H2,1H3. The Kier molecular flexibility index (Phi) is 4.65. The normalized spacial score (nSPS) is 15.3. The molecule has 2 nitrogen and oxygen atoms in total. The molecule has 0 spiro atoms. The van der Waals surface area contributed by atoms with Gasteiger partial charge in [-0.2, -0.15) is 0 Å². The van der Waals surface area contributed by atoms with E-state index < -0.39 is 19.1 Å². The molecule has 0 aliphatic carbocycles. The van der Waals surface area contributed by atoms with Crippen LogP contribution < -0.4 is 5.73 Å². The van der Waals surface area contributed by atoms with E-state index in [1.807, 2.05) is 30.3 Å². The van der Waals surface area contributed by atoms with Gasteiger partial charge in [0.25, 0.3) is 6.43 Å². The number of benzene rings is 1. The van der Waals surface area contributed by atoms with Crippen LogP contribution in [0.1, 0.15) is 18.6 Å². The Morgan fingerprint density at radius 2 is 1.87 bits per heavy atom. The molecular weight excluding hydrogens is 200 g/mol. The summed E-state index contributed by atoms with van der Waals surface area (Å²) in [5.74, 6) is 0. The summed E-state index contributed by atoms with van der Waals surface area (Å²) in [4.78, 5) is 0. The highest BCUT2D eigenvalue weighted by atomic mass is 19.3. The average molecular weight is 215 g/mol. The monoisotopic (exact) mass is 215 g/mol. The smallest absolute Gasteiger partial charge is 0.261 e. The molecule has 2 unspecified atom stereocenters. The van der Waals surface area contributed by atoms with Gasteiger partial charge in [-0.05, 0) is 12.5 Å². The van der Waals surface area contributed by atoms with Gasteiger partial charge in [0.05, 0.1) is 6.10 Å². The van der Waals surface area contributed by atoms with Gasteiger partial charge in [0, 0.05) is 6.04 Å². The van der Waals surface area contributed by atoms with Crippen molar-refractivity contribution in [2.75, 3.05) is 6.61 Å². The van der Waals surface area contributed by atoms with Crippen molar-refractivity contribution >= 4 is 0 Å². The molecule has 1 aromatic rings. The van der Waals surface area contributed by atoms with E-state index in [-0.39, 0.29) is 6.04 Å². The zero-order valence-corrected chi connectivity index (χ0v) is 8.57. The number of ether oxygens (including phenoxy) is 1. The first kappa shape index (κ1) is 12.1. The first-order valence-electron chi connectivity index (χ1n) is 4.81. The molecular formula is C11H15F2NO. The zero-order chi connectivity index (χ0) is 11.3. The van der Waals surface area contributed by atoms with Gasteiger partial charge in [0.1, 0.15) is 6.61 Å². The lowest BCUT2D eigenvalue weighted by Crippen LogP contribution is -2.28. The van der Waals surface area contributed by atoms with Gasteiger partial charge in [-0.1, -0.05) is 30.3 Å². The molecule has 0 amide bonds. The highest BCUT2D eigenvalue weighted by Crippen LogP contribution is 2.20. The van der Waals surface area contributed by atoms with Gasteiger partial charge in [-0.25, -0.2) is 8.78 Å². The molecule has 15 heavy (non-hydrogen) atoms. The fraction of sp³-hybridized carbons (Fsp3) is 0.455. The van der Waals surface area contributed by atoms with Gasteiger partial charge < -0.3 is 10.5 Å². The molecule has 0 aliphatic heterocycles. The molecule has 84 valence electrons. The fourth-order valence-corrected chi connectivity index (χ4v) is 1.37. The molecule has 0 radical (unpaired) electrons. The molecule has 0 saturated heterocycles. The SMILES string of the molecule is CC(N)C(OCC(F)F)c1ccccc1. The van der Waals surface area contributed by atoms with Crippen molar-refractivity contribution in [2.24, 2.45) is 5.73 Å². The number of hydrogen-bond acceptors (Lipinski definition) is 2. The van der Waals surface area contributed by atoms with Crippen molar-refractivity contribution in [1.29, 1.82) is 0 Å². The predicted molar refractivity (Wildman–Crippen MR) is 54.8 cm³/mol. The number of alkyl halides is 2. The predicted octanol–water partition coefficient (Wildman–Crippen LogP) is 2.36. The Morgan fingerprint density at radius 1 is 1.27 bits per heavy atom. The van der Waals surface area contributed by atoms with Crippen LogP contribution in [0.15, 0.2) is 30.3 Å². The van der Waals surface area contributed by atoms with E-state index in [9.17, 15) is 8.78 Å². The van der Waals surface area contributed by atoms with E-state index in [0.717, 1.165) is 5.56 Å².